The van der Waals surface area contributed by atoms with Crippen molar-refractivity contribution < 1.29 is 4.42 Å². The van der Waals surface area contributed by atoms with E-state index in [0.29, 0.717) is 0 Å². The van der Waals surface area contributed by atoms with Gasteiger partial charge in [-0.15, -0.1) is 0 Å². The Kier molecular flexibility index (Phi) is 4.97. The molecule has 1 unspecified atom stereocenters. The van der Waals surface area contributed by atoms with Crippen molar-refractivity contribution in [2.75, 3.05) is 0 Å². The summed E-state index contributed by atoms with van der Waals surface area (Å²) in [6.07, 6.45) is 0. The van der Waals surface area contributed by atoms with E-state index in [1.807, 2.05) is 12.1 Å². The average Bonchev–Trinajstić information content (AvgIpc) is 3.80. The van der Waals surface area contributed by atoms with Gasteiger partial charge in [0.1, 0.15) is 11.2 Å². The van der Waals surface area contributed by atoms with Crippen molar-refractivity contribution in [2.45, 2.75) is 5.41 Å². The molecule has 0 saturated heterocycles. The molecule has 0 aliphatic heterocycles. The first-order chi connectivity index (χ1) is 24.8. The number of hydrogen-bond donors (Lipinski definition) is 0. The van der Waals surface area contributed by atoms with Crippen LogP contribution < -0.4 is 0 Å². The van der Waals surface area contributed by atoms with E-state index in [2.05, 4.69) is 158 Å². The summed E-state index contributed by atoms with van der Waals surface area (Å²) in [7, 11) is 0. The molecule has 9 aromatic carbocycles. The molecular weight excluding hydrogens is 605 g/mol. The molecule has 1 atom stereocenters. The normalized spacial score (nSPS) is 15.7. The van der Waals surface area contributed by atoms with Gasteiger partial charge in [-0.25, -0.2) is 0 Å². The van der Waals surface area contributed by atoms with Crippen LogP contribution in [0.15, 0.2) is 174 Å². The van der Waals surface area contributed by atoms with Crippen LogP contribution in [0, 0.1) is 0 Å². The maximum absolute atomic E-state index is 6.17. The number of fused-ring (bicyclic) bond motifs is 19. The third-order valence-corrected chi connectivity index (χ3v) is 11.7. The molecule has 10 aromatic rings. The van der Waals surface area contributed by atoms with Crippen LogP contribution in [0.3, 0.4) is 0 Å². The minimum Gasteiger partial charge on any atom is -0.456 e. The summed E-state index contributed by atoms with van der Waals surface area (Å²) in [6, 6.07) is 63.2. The van der Waals surface area contributed by atoms with Gasteiger partial charge >= 0.3 is 0 Å². The van der Waals surface area contributed by atoms with Crippen molar-refractivity contribution in [3.05, 3.63) is 192 Å². The first-order valence-corrected chi connectivity index (χ1v) is 17.4. The first-order valence-electron chi connectivity index (χ1n) is 17.4. The van der Waals surface area contributed by atoms with Crippen molar-refractivity contribution in [3.63, 3.8) is 0 Å². The fraction of sp³-hybridized carbons (Fsp3) is 0.0204. The summed E-state index contributed by atoms with van der Waals surface area (Å²) in [4.78, 5) is 0. The van der Waals surface area contributed by atoms with Gasteiger partial charge in [0, 0.05) is 10.8 Å². The van der Waals surface area contributed by atoms with Crippen molar-refractivity contribution in [1.29, 1.82) is 0 Å². The van der Waals surface area contributed by atoms with E-state index >= 15 is 0 Å². The van der Waals surface area contributed by atoms with Crippen LogP contribution in [0.2, 0.25) is 0 Å². The van der Waals surface area contributed by atoms with Crippen LogP contribution in [0.1, 0.15) is 22.3 Å². The van der Waals surface area contributed by atoms with Gasteiger partial charge in [0.2, 0.25) is 0 Å². The summed E-state index contributed by atoms with van der Waals surface area (Å²) >= 11 is 0. The van der Waals surface area contributed by atoms with Crippen molar-refractivity contribution >= 4 is 54.3 Å². The molecule has 1 aromatic heterocycles. The molecule has 50 heavy (non-hydrogen) atoms. The molecule has 12 rings (SSSR count). The van der Waals surface area contributed by atoms with Crippen LogP contribution in [0.4, 0.5) is 0 Å². The van der Waals surface area contributed by atoms with Gasteiger partial charge in [-0.1, -0.05) is 133 Å². The fourth-order valence-corrected chi connectivity index (χ4v) is 9.62. The lowest BCUT2D eigenvalue weighted by molar-refractivity contribution is 0.669. The maximum Gasteiger partial charge on any atom is 0.135 e. The standard InChI is InChI=1S/C49H28O/c1-3-13-33-31(11-1)32-12-2-4-14-34(32)39-28-46-41(27-38(33)39)36-16-6-9-19-44(36)49(46)43-18-8-5-15-35(43)40-25-29(21-23-45(40)49)30-22-24-48-42(26-30)37-17-7-10-20-47(37)50-48/h1-28H. The van der Waals surface area contributed by atoms with E-state index in [-0.39, 0.29) is 0 Å². The molecular formula is C49H28O. The Labute approximate surface area is 288 Å². The van der Waals surface area contributed by atoms with Gasteiger partial charge in [0.25, 0.3) is 0 Å². The van der Waals surface area contributed by atoms with Gasteiger partial charge in [-0.2, -0.15) is 0 Å². The minimum absolute atomic E-state index is 0.415. The third kappa shape index (κ3) is 3.18. The number of furan rings is 1. The van der Waals surface area contributed by atoms with Crippen molar-refractivity contribution in [3.8, 4) is 33.4 Å². The monoisotopic (exact) mass is 632 g/mol. The predicted octanol–water partition coefficient (Wildman–Crippen LogP) is 13.1. The zero-order chi connectivity index (χ0) is 32.6. The second-order valence-electron chi connectivity index (χ2n) is 13.9. The molecule has 2 aliphatic rings. The first kappa shape index (κ1) is 26.5. The summed E-state index contributed by atoms with van der Waals surface area (Å²) in [6.45, 7) is 0. The molecule has 0 fully saturated rings. The molecule has 0 radical (unpaired) electrons. The van der Waals surface area contributed by atoms with Gasteiger partial charge in [-0.3, -0.25) is 0 Å². The fourth-order valence-electron chi connectivity index (χ4n) is 9.62. The topological polar surface area (TPSA) is 13.1 Å². The predicted molar refractivity (Wildman–Crippen MR) is 208 cm³/mol. The summed E-state index contributed by atoms with van der Waals surface area (Å²) in [5.41, 5.74) is 14.6. The SMILES string of the molecule is c1ccc2c(c1)-c1cc(-c3ccc4oc5ccccc5c4c3)ccc1C21c2ccccc2-c2cc3c4ccccc4c4ccccc4c3cc21. The Morgan fingerprint density at radius 2 is 0.760 bits per heavy atom. The van der Waals surface area contributed by atoms with E-state index in [0.717, 1.165) is 21.9 Å². The zero-order valence-electron chi connectivity index (χ0n) is 27.1. The molecule has 230 valence electrons. The van der Waals surface area contributed by atoms with Crippen LogP contribution in [-0.4, -0.2) is 0 Å². The number of rotatable bonds is 1. The number of para-hydroxylation sites is 1. The number of hydrogen-bond acceptors (Lipinski definition) is 1. The Morgan fingerprint density at radius 3 is 1.46 bits per heavy atom. The van der Waals surface area contributed by atoms with E-state index in [4.69, 9.17) is 4.42 Å². The van der Waals surface area contributed by atoms with Gasteiger partial charge < -0.3 is 4.42 Å². The molecule has 0 amide bonds. The van der Waals surface area contributed by atoms with Crippen LogP contribution in [0.5, 0.6) is 0 Å². The Balaban J connectivity index is 1.17. The van der Waals surface area contributed by atoms with Gasteiger partial charge in [0.15, 0.2) is 0 Å². The van der Waals surface area contributed by atoms with Gasteiger partial charge in [-0.05, 0) is 124 Å². The number of benzene rings is 9. The van der Waals surface area contributed by atoms with Gasteiger partial charge in [0.05, 0.1) is 5.41 Å². The Morgan fingerprint density at radius 1 is 0.280 bits per heavy atom. The molecule has 1 heteroatoms. The van der Waals surface area contributed by atoms with Crippen molar-refractivity contribution in [2.24, 2.45) is 0 Å². The zero-order valence-corrected chi connectivity index (χ0v) is 27.1. The third-order valence-electron chi connectivity index (χ3n) is 11.7. The Hall–Kier alpha value is -6.44. The summed E-state index contributed by atoms with van der Waals surface area (Å²) < 4.78 is 6.17. The minimum atomic E-state index is -0.415. The van der Waals surface area contributed by atoms with E-state index in [1.54, 1.807) is 0 Å². The lowest BCUT2D eigenvalue weighted by atomic mass is 9.70. The highest BCUT2D eigenvalue weighted by Crippen LogP contribution is 2.63. The molecule has 2 aliphatic carbocycles. The highest BCUT2D eigenvalue weighted by Gasteiger charge is 2.51. The quantitative estimate of drug-likeness (QED) is 0.164. The largest absolute Gasteiger partial charge is 0.456 e. The molecule has 1 nitrogen and oxygen atoms in total. The second-order valence-corrected chi connectivity index (χ2v) is 13.9. The highest BCUT2D eigenvalue weighted by molar-refractivity contribution is 6.26. The average molecular weight is 633 g/mol. The molecule has 0 saturated carbocycles. The highest BCUT2D eigenvalue weighted by atomic mass is 16.3. The lowest BCUT2D eigenvalue weighted by Gasteiger charge is -2.31. The molecule has 1 spiro atoms. The molecule has 0 N–H and O–H groups in total. The maximum atomic E-state index is 6.17. The smallest absolute Gasteiger partial charge is 0.135 e. The lowest BCUT2D eigenvalue weighted by Crippen LogP contribution is -2.25. The van der Waals surface area contributed by atoms with E-state index in [9.17, 15) is 0 Å². The van der Waals surface area contributed by atoms with Crippen LogP contribution in [0.25, 0.3) is 87.6 Å². The second kappa shape index (κ2) is 9.37. The van der Waals surface area contributed by atoms with Crippen LogP contribution in [-0.2, 0) is 5.41 Å². The molecule has 1 heterocycles. The Bertz CT molecular complexity index is 3100. The van der Waals surface area contributed by atoms with Crippen LogP contribution >= 0.6 is 0 Å². The van der Waals surface area contributed by atoms with Crippen molar-refractivity contribution in [1.82, 2.24) is 0 Å². The van der Waals surface area contributed by atoms with E-state index in [1.165, 1.54) is 88.0 Å². The summed E-state index contributed by atoms with van der Waals surface area (Å²) in [5.74, 6) is 0. The van der Waals surface area contributed by atoms with E-state index < -0.39 is 5.41 Å². The summed E-state index contributed by atoms with van der Waals surface area (Å²) in [5, 5.41) is 10.2. The molecule has 0 bridgehead atoms.